The van der Waals surface area contributed by atoms with Crippen molar-refractivity contribution in [1.82, 2.24) is 5.32 Å². The number of carbonyl (C=O) groups is 4. The summed E-state index contributed by atoms with van der Waals surface area (Å²) in [6.07, 6.45) is 7.53. The van der Waals surface area contributed by atoms with Crippen LogP contribution in [0.2, 0.25) is 0 Å². The van der Waals surface area contributed by atoms with Crippen molar-refractivity contribution in [2.75, 3.05) is 17.7 Å². The zero-order valence-electron chi connectivity index (χ0n) is 29.0. The molecule has 5 aromatic rings. The second-order valence-corrected chi connectivity index (χ2v) is 15.6. The molecule has 6 rings (SSSR count). The van der Waals surface area contributed by atoms with Crippen molar-refractivity contribution in [3.63, 3.8) is 0 Å². The first-order chi connectivity index (χ1) is 25.8. The zero-order chi connectivity index (χ0) is 37.2. The molecule has 3 amide bonds. The first kappa shape index (κ1) is 37.8. The number of thiophene rings is 1. The van der Waals surface area contributed by atoms with Gasteiger partial charge in [0.25, 0.3) is 11.8 Å². The Morgan fingerprint density at radius 2 is 1.51 bits per heavy atom. The third-order valence-corrected chi connectivity index (χ3v) is 11.7. The number of aryl methyl sites for hydroxylation is 1. The predicted molar refractivity (Wildman–Crippen MR) is 216 cm³/mol. The van der Waals surface area contributed by atoms with E-state index in [0.717, 1.165) is 69.5 Å². The number of rotatable bonds is 11. The summed E-state index contributed by atoms with van der Waals surface area (Å²) >= 11 is 6.23. The molecule has 0 spiro atoms. The van der Waals surface area contributed by atoms with E-state index >= 15 is 0 Å². The Labute approximate surface area is 325 Å². The lowest BCUT2D eigenvalue weighted by molar-refractivity contribution is -0.116. The zero-order valence-corrected chi connectivity index (χ0v) is 32.2. The normalized spacial score (nSPS) is 13.4. The molecule has 270 valence electrons. The number of nitrogens with one attached hydrogen (secondary N) is 3. The molecule has 1 heterocycles. The lowest BCUT2D eigenvalue weighted by Crippen LogP contribution is -2.30. The molecular formula is C42H38BrN3O5S2. The van der Waals surface area contributed by atoms with Crippen LogP contribution in [0.4, 0.5) is 10.7 Å². The molecule has 0 aliphatic heterocycles. The molecule has 1 aliphatic carbocycles. The average Bonchev–Trinajstić information content (AvgIpc) is 3.49. The number of benzene rings is 4. The highest BCUT2D eigenvalue weighted by Crippen LogP contribution is 2.41. The molecule has 1 unspecified atom stereocenters. The summed E-state index contributed by atoms with van der Waals surface area (Å²) in [7, 11) is 1.37. The van der Waals surface area contributed by atoms with Crippen LogP contribution in [0.1, 0.15) is 73.2 Å². The van der Waals surface area contributed by atoms with Gasteiger partial charge in [-0.25, -0.2) is 4.79 Å². The quantitative estimate of drug-likeness (QED) is 0.0696. The van der Waals surface area contributed by atoms with Crippen LogP contribution in [0.3, 0.4) is 0 Å². The van der Waals surface area contributed by atoms with Crippen LogP contribution in [0.15, 0.2) is 124 Å². The number of ether oxygens (including phenoxy) is 1. The number of anilines is 2. The maximum atomic E-state index is 14.2. The van der Waals surface area contributed by atoms with Crippen molar-refractivity contribution in [2.24, 2.45) is 0 Å². The maximum absolute atomic E-state index is 14.2. The van der Waals surface area contributed by atoms with Gasteiger partial charge in [-0.2, -0.15) is 0 Å². The Kier molecular flexibility index (Phi) is 13.0. The minimum absolute atomic E-state index is 0.0623. The van der Waals surface area contributed by atoms with E-state index in [2.05, 4.69) is 31.9 Å². The van der Waals surface area contributed by atoms with Gasteiger partial charge in [-0.05, 0) is 90.9 Å². The second-order valence-electron chi connectivity index (χ2n) is 12.4. The fourth-order valence-electron chi connectivity index (χ4n) is 6.05. The summed E-state index contributed by atoms with van der Waals surface area (Å²) in [5.41, 5.74) is 3.90. The second kappa shape index (κ2) is 18.2. The first-order valence-electron chi connectivity index (χ1n) is 17.3. The molecule has 0 saturated carbocycles. The molecule has 4 aromatic carbocycles. The predicted octanol–water partition coefficient (Wildman–Crippen LogP) is 9.84. The van der Waals surface area contributed by atoms with Crippen molar-refractivity contribution in [2.45, 2.75) is 48.7 Å². The van der Waals surface area contributed by atoms with E-state index in [-0.39, 0.29) is 11.6 Å². The number of amides is 3. The highest BCUT2D eigenvalue weighted by molar-refractivity contribution is 9.10. The SMILES string of the molecule is COC(=O)c1c(NC(=O)C(Sc2cccc(NC(=O)/C(=C\c3ccc(Br)cc3)NC(=O)c3ccccc3)c2)c2ccccc2)sc2c1CCCCCC2. The van der Waals surface area contributed by atoms with Gasteiger partial charge in [0, 0.05) is 25.5 Å². The highest BCUT2D eigenvalue weighted by atomic mass is 79.9. The van der Waals surface area contributed by atoms with Gasteiger partial charge in [-0.15, -0.1) is 23.1 Å². The topological polar surface area (TPSA) is 114 Å². The van der Waals surface area contributed by atoms with Gasteiger partial charge in [0.05, 0.1) is 12.7 Å². The van der Waals surface area contributed by atoms with Crippen LogP contribution in [-0.2, 0) is 27.2 Å². The molecule has 3 N–H and O–H groups in total. The number of hydrogen-bond acceptors (Lipinski definition) is 7. The Bertz CT molecular complexity index is 2120. The molecule has 0 saturated heterocycles. The molecule has 1 atom stereocenters. The van der Waals surface area contributed by atoms with E-state index < -0.39 is 23.0 Å². The lowest BCUT2D eigenvalue weighted by Gasteiger charge is -2.18. The molecule has 0 bridgehead atoms. The number of hydrogen-bond donors (Lipinski definition) is 3. The first-order valence-corrected chi connectivity index (χ1v) is 19.8. The summed E-state index contributed by atoms with van der Waals surface area (Å²) in [5, 5.41) is 8.62. The van der Waals surface area contributed by atoms with Crippen molar-refractivity contribution >= 4 is 79.5 Å². The van der Waals surface area contributed by atoms with Gasteiger partial charge in [-0.3, -0.25) is 14.4 Å². The van der Waals surface area contributed by atoms with Crippen molar-refractivity contribution in [3.05, 3.63) is 152 Å². The van der Waals surface area contributed by atoms with E-state index in [1.54, 1.807) is 48.5 Å². The van der Waals surface area contributed by atoms with Gasteiger partial charge < -0.3 is 20.7 Å². The molecular weight excluding hydrogens is 771 g/mol. The molecule has 8 nitrogen and oxygen atoms in total. The van der Waals surface area contributed by atoms with Crippen LogP contribution in [0.25, 0.3) is 6.08 Å². The Hall–Kier alpha value is -4.97. The van der Waals surface area contributed by atoms with E-state index in [9.17, 15) is 19.2 Å². The van der Waals surface area contributed by atoms with E-state index in [1.807, 2.05) is 66.7 Å². The minimum atomic E-state index is -0.685. The van der Waals surface area contributed by atoms with Gasteiger partial charge in [-0.1, -0.05) is 95.5 Å². The fourth-order valence-corrected chi connectivity index (χ4v) is 8.68. The molecule has 11 heteroatoms. The third kappa shape index (κ3) is 9.92. The molecule has 53 heavy (non-hydrogen) atoms. The van der Waals surface area contributed by atoms with Gasteiger partial charge >= 0.3 is 5.97 Å². The minimum Gasteiger partial charge on any atom is -0.465 e. The molecule has 1 aliphatic rings. The van der Waals surface area contributed by atoms with Crippen LogP contribution in [0, 0.1) is 0 Å². The Morgan fingerprint density at radius 1 is 0.811 bits per heavy atom. The van der Waals surface area contributed by atoms with E-state index in [0.29, 0.717) is 21.8 Å². The number of methoxy groups -OCH3 is 1. The van der Waals surface area contributed by atoms with Gasteiger partial charge in [0.15, 0.2) is 0 Å². The number of fused-ring (bicyclic) bond motifs is 1. The monoisotopic (exact) mass is 807 g/mol. The summed E-state index contributed by atoms with van der Waals surface area (Å²) in [6.45, 7) is 0. The standard InChI is InChI=1S/C42H38BrN3O5S2/c1-51-42(50)36-33-19-10-2-3-11-20-35(33)53-41(36)46-40(49)37(28-13-6-4-7-14-28)52-32-18-12-17-31(26-32)44-39(48)34(25-27-21-23-30(43)24-22-27)45-38(47)29-15-8-5-9-16-29/h4-9,12-18,21-26,37H,2-3,10-11,19-20H2,1H3,(H,44,48)(H,45,47)(H,46,49)/b34-25+. The van der Waals surface area contributed by atoms with Crippen LogP contribution >= 0.6 is 39.0 Å². The number of halogens is 1. The van der Waals surface area contributed by atoms with E-state index in [4.69, 9.17) is 4.74 Å². The van der Waals surface area contributed by atoms with Gasteiger partial charge in [0.2, 0.25) is 5.91 Å². The summed E-state index contributed by atoms with van der Waals surface area (Å²) in [4.78, 5) is 56.0. The van der Waals surface area contributed by atoms with E-state index in [1.165, 1.54) is 30.2 Å². The van der Waals surface area contributed by atoms with Crippen molar-refractivity contribution in [1.29, 1.82) is 0 Å². The molecule has 0 fully saturated rings. The smallest absolute Gasteiger partial charge is 0.341 e. The molecule has 1 aromatic heterocycles. The number of thioether (sulfide) groups is 1. The van der Waals surface area contributed by atoms with Gasteiger partial charge in [0.1, 0.15) is 15.9 Å². The lowest BCUT2D eigenvalue weighted by atomic mass is 9.96. The average molecular weight is 809 g/mol. The fraction of sp³-hybridized carbons (Fsp3) is 0.190. The Morgan fingerprint density at radius 3 is 2.23 bits per heavy atom. The Balaban J connectivity index is 1.25. The van der Waals surface area contributed by atoms with Crippen molar-refractivity contribution in [3.8, 4) is 0 Å². The van der Waals surface area contributed by atoms with Crippen LogP contribution in [-0.4, -0.2) is 30.8 Å². The van der Waals surface area contributed by atoms with Crippen LogP contribution in [0.5, 0.6) is 0 Å². The molecule has 0 radical (unpaired) electrons. The van der Waals surface area contributed by atoms with Crippen molar-refractivity contribution < 1.29 is 23.9 Å². The van der Waals surface area contributed by atoms with Crippen LogP contribution < -0.4 is 16.0 Å². The summed E-state index contributed by atoms with van der Waals surface area (Å²) < 4.78 is 6.07. The largest absolute Gasteiger partial charge is 0.465 e. The number of esters is 1. The summed E-state index contributed by atoms with van der Waals surface area (Å²) in [5.74, 6) is -1.66. The number of carbonyl (C=O) groups excluding carboxylic acids is 4. The highest BCUT2D eigenvalue weighted by Gasteiger charge is 2.29. The third-order valence-electron chi connectivity index (χ3n) is 8.69. The summed E-state index contributed by atoms with van der Waals surface area (Å²) in [6, 6.07) is 32.7. The maximum Gasteiger partial charge on any atom is 0.341 e.